The van der Waals surface area contributed by atoms with Crippen molar-refractivity contribution in [3.63, 3.8) is 0 Å². The molecule has 1 N–H and O–H groups in total. The smallest absolute Gasteiger partial charge is 0.289 e. The van der Waals surface area contributed by atoms with Gasteiger partial charge in [-0.2, -0.15) is 10.1 Å². The third-order valence-corrected chi connectivity index (χ3v) is 4.78. The fourth-order valence-electron chi connectivity index (χ4n) is 3.19. The molecule has 0 saturated carbocycles. The van der Waals surface area contributed by atoms with Crippen molar-refractivity contribution < 1.29 is 13.6 Å². The average Bonchev–Trinajstić information content (AvgIpc) is 3.30. The Bertz CT molecular complexity index is 940. The van der Waals surface area contributed by atoms with Gasteiger partial charge in [-0.1, -0.05) is 12.1 Å². The lowest BCUT2D eigenvalue weighted by atomic mass is 10.1. The molecule has 1 fully saturated rings. The van der Waals surface area contributed by atoms with Gasteiger partial charge in [0, 0.05) is 32.7 Å². The van der Waals surface area contributed by atoms with E-state index in [0.717, 1.165) is 17.8 Å². The van der Waals surface area contributed by atoms with Crippen molar-refractivity contribution in [1.29, 1.82) is 0 Å². The Morgan fingerprint density at radius 3 is 2.66 bits per heavy atom. The number of benzene rings is 1. The van der Waals surface area contributed by atoms with Crippen LogP contribution < -0.4 is 10.2 Å². The molecule has 1 amide bonds. The average molecular weight is 396 g/mol. The number of furan rings is 1. The molecule has 0 spiro atoms. The fourth-order valence-corrected chi connectivity index (χ4v) is 3.19. The quantitative estimate of drug-likeness (QED) is 0.684. The number of nitrogens with zero attached hydrogens (tertiary/aromatic N) is 5. The molecule has 1 saturated heterocycles. The van der Waals surface area contributed by atoms with Gasteiger partial charge in [0.15, 0.2) is 11.6 Å². The molecule has 0 aliphatic carbocycles. The Kier molecular flexibility index (Phi) is 5.64. The summed E-state index contributed by atoms with van der Waals surface area (Å²) in [5.41, 5.74) is 1.03. The van der Waals surface area contributed by atoms with Crippen molar-refractivity contribution in [2.45, 2.75) is 6.42 Å². The molecule has 0 atom stereocenters. The van der Waals surface area contributed by atoms with Crippen LogP contribution in [0.25, 0.3) is 0 Å². The second-order valence-electron chi connectivity index (χ2n) is 6.70. The number of hydrogen-bond donors (Lipinski definition) is 1. The predicted octanol–water partition coefficient (Wildman–Crippen LogP) is 2.22. The van der Waals surface area contributed by atoms with Crippen LogP contribution in [0, 0.1) is 5.82 Å². The number of aromatic nitrogens is 3. The third kappa shape index (κ3) is 4.68. The summed E-state index contributed by atoms with van der Waals surface area (Å²) in [4.78, 5) is 20.7. The first-order chi connectivity index (χ1) is 14.2. The van der Waals surface area contributed by atoms with Crippen LogP contribution in [0.3, 0.4) is 0 Å². The SMILES string of the molecule is O=C(c1ccco1)N1CCN(c2cnnc(NCCc3ccc(F)cc3)n2)CC1. The topological polar surface area (TPSA) is 87.4 Å². The van der Waals surface area contributed by atoms with E-state index in [1.165, 1.54) is 18.4 Å². The number of carbonyl (C=O) groups excluding carboxylic acids is 1. The van der Waals surface area contributed by atoms with Gasteiger partial charge in [0.1, 0.15) is 5.82 Å². The Morgan fingerprint density at radius 1 is 1.14 bits per heavy atom. The first-order valence-electron chi connectivity index (χ1n) is 9.45. The van der Waals surface area contributed by atoms with Gasteiger partial charge in [-0.3, -0.25) is 4.79 Å². The van der Waals surface area contributed by atoms with Crippen molar-refractivity contribution in [3.8, 4) is 0 Å². The molecular formula is C20H21FN6O2. The normalized spacial score (nSPS) is 14.1. The lowest BCUT2D eigenvalue weighted by Gasteiger charge is -2.34. The number of rotatable bonds is 6. The summed E-state index contributed by atoms with van der Waals surface area (Å²) in [5, 5.41) is 11.2. The number of halogens is 1. The van der Waals surface area contributed by atoms with Crippen LogP contribution in [0.15, 0.2) is 53.3 Å². The zero-order valence-electron chi connectivity index (χ0n) is 15.8. The summed E-state index contributed by atoms with van der Waals surface area (Å²) in [6, 6.07) is 9.80. The first-order valence-corrected chi connectivity index (χ1v) is 9.45. The minimum atomic E-state index is -0.243. The third-order valence-electron chi connectivity index (χ3n) is 4.78. The van der Waals surface area contributed by atoms with E-state index in [2.05, 4.69) is 25.4 Å². The van der Waals surface area contributed by atoms with Crippen molar-refractivity contribution in [2.24, 2.45) is 0 Å². The van der Waals surface area contributed by atoms with Crippen LogP contribution in [0.1, 0.15) is 16.1 Å². The summed E-state index contributed by atoms with van der Waals surface area (Å²) in [6.45, 7) is 3.08. The van der Waals surface area contributed by atoms with Gasteiger partial charge in [0.25, 0.3) is 5.91 Å². The molecule has 3 heterocycles. The molecule has 29 heavy (non-hydrogen) atoms. The maximum absolute atomic E-state index is 13.0. The van der Waals surface area contributed by atoms with Gasteiger partial charge in [0.2, 0.25) is 5.95 Å². The van der Waals surface area contributed by atoms with E-state index in [1.54, 1.807) is 35.4 Å². The van der Waals surface area contributed by atoms with Crippen molar-refractivity contribution >= 4 is 17.7 Å². The number of amides is 1. The van der Waals surface area contributed by atoms with Crippen LogP contribution in [0.5, 0.6) is 0 Å². The minimum absolute atomic E-state index is 0.0985. The molecule has 9 heteroatoms. The Hall–Kier alpha value is -3.49. The van der Waals surface area contributed by atoms with E-state index in [9.17, 15) is 9.18 Å². The summed E-state index contributed by atoms with van der Waals surface area (Å²) in [7, 11) is 0. The molecule has 4 rings (SSSR count). The molecule has 8 nitrogen and oxygen atoms in total. The van der Waals surface area contributed by atoms with E-state index in [1.807, 2.05) is 0 Å². The molecule has 3 aromatic rings. The zero-order chi connectivity index (χ0) is 20.1. The number of hydrogen-bond acceptors (Lipinski definition) is 7. The minimum Gasteiger partial charge on any atom is -0.459 e. The Balaban J connectivity index is 1.29. The second kappa shape index (κ2) is 8.68. The van der Waals surface area contributed by atoms with E-state index >= 15 is 0 Å². The molecular weight excluding hydrogens is 375 g/mol. The van der Waals surface area contributed by atoms with Crippen molar-refractivity contribution in [1.82, 2.24) is 20.1 Å². The Morgan fingerprint density at radius 2 is 1.93 bits per heavy atom. The van der Waals surface area contributed by atoms with Crippen LogP contribution in [-0.2, 0) is 6.42 Å². The lowest BCUT2D eigenvalue weighted by Crippen LogP contribution is -2.49. The van der Waals surface area contributed by atoms with Gasteiger partial charge in [-0.05, 0) is 36.2 Å². The molecule has 1 aromatic carbocycles. The van der Waals surface area contributed by atoms with E-state index < -0.39 is 0 Å². The van der Waals surface area contributed by atoms with Crippen molar-refractivity contribution in [3.05, 3.63) is 66.0 Å². The summed E-state index contributed by atoms with van der Waals surface area (Å²) >= 11 is 0. The lowest BCUT2D eigenvalue weighted by molar-refractivity contribution is 0.0714. The monoisotopic (exact) mass is 396 g/mol. The molecule has 0 unspecified atom stereocenters. The molecule has 1 aliphatic heterocycles. The highest BCUT2D eigenvalue weighted by atomic mass is 19.1. The highest BCUT2D eigenvalue weighted by Gasteiger charge is 2.24. The molecule has 0 radical (unpaired) electrons. The Labute approximate surface area is 167 Å². The summed E-state index contributed by atoms with van der Waals surface area (Å²) in [5.74, 6) is 1.18. The van der Waals surface area contributed by atoms with Gasteiger partial charge >= 0.3 is 0 Å². The highest BCUT2D eigenvalue weighted by Crippen LogP contribution is 2.15. The standard InChI is InChI=1S/C20H21FN6O2/c21-16-5-3-15(4-6-16)7-8-22-20-24-18(14-23-25-20)26-9-11-27(12-10-26)19(28)17-2-1-13-29-17/h1-6,13-14H,7-12H2,(H,22,24,25). The van der Waals surface area contributed by atoms with Crippen molar-refractivity contribution in [2.75, 3.05) is 42.9 Å². The van der Waals surface area contributed by atoms with Crippen LogP contribution in [-0.4, -0.2) is 58.7 Å². The maximum Gasteiger partial charge on any atom is 0.289 e. The van der Waals surface area contributed by atoms with Crippen LogP contribution >= 0.6 is 0 Å². The summed E-state index contributed by atoms with van der Waals surface area (Å²) < 4.78 is 18.1. The molecule has 1 aliphatic rings. The predicted molar refractivity (Wildman–Crippen MR) is 105 cm³/mol. The largest absolute Gasteiger partial charge is 0.459 e. The van der Waals surface area contributed by atoms with E-state index in [4.69, 9.17) is 4.42 Å². The van der Waals surface area contributed by atoms with Crippen LogP contribution in [0.2, 0.25) is 0 Å². The van der Waals surface area contributed by atoms with E-state index in [-0.39, 0.29) is 11.7 Å². The molecule has 2 aromatic heterocycles. The second-order valence-corrected chi connectivity index (χ2v) is 6.70. The summed E-state index contributed by atoms with van der Waals surface area (Å²) in [6.07, 6.45) is 3.84. The van der Waals surface area contributed by atoms with Gasteiger partial charge in [0.05, 0.1) is 12.5 Å². The zero-order valence-corrected chi connectivity index (χ0v) is 15.8. The van der Waals surface area contributed by atoms with E-state index in [0.29, 0.717) is 44.4 Å². The van der Waals surface area contributed by atoms with Gasteiger partial charge in [-0.25, -0.2) is 4.39 Å². The van der Waals surface area contributed by atoms with Gasteiger partial charge in [-0.15, -0.1) is 5.10 Å². The fraction of sp³-hybridized carbons (Fsp3) is 0.300. The number of anilines is 2. The highest BCUT2D eigenvalue weighted by molar-refractivity contribution is 5.91. The van der Waals surface area contributed by atoms with Crippen LogP contribution in [0.4, 0.5) is 16.2 Å². The first kappa shape index (κ1) is 18.9. The van der Waals surface area contributed by atoms with Gasteiger partial charge < -0.3 is 19.5 Å². The molecule has 0 bridgehead atoms. The number of nitrogens with one attached hydrogen (secondary N) is 1. The number of carbonyl (C=O) groups is 1. The molecule has 150 valence electrons. The number of piperazine rings is 1. The maximum atomic E-state index is 13.0.